The molecule has 4 nitrogen and oxygen atoms in total. The van der Waals surface area contributed by atoms with E-state index in [-0.39, 0.29) is 5.91 Å². The molecule has 0 saturated heterocycles. The van der Waals surface area contributed by atoms with Crippen molar-refractivity contribution in [1.29, 1.82) is 0 Å². The van der Waals surface area contributed by atoms with Crippen molar-refractivity contribution in [3.63, 3.8) is 0 Å². The molecule has 0 unspecified atom stereocenters. The Bertz CT molecular complexity index is 1120. The normalized spacial score (nSPS) is 11.0. The molecule has 4 rings (SSSR count). The first-order valence-corrected chi connectivity index (χ1v) is 9.34. The minimum Gasteiger partial charge on any atom is -0.321 e. The van der Waals surface area contributed by atoms with Crippen LogP contribution in [0.1, 0.15) is 20.9 Å². The number of halogens is 1. The number of amides is 1. The molecule has 0 fully saturated rings. The Morgan fingerprint density at radius 1 is 1.12 bits per heavy atom. The number of carbonyl (C=O) groups excluding carboxylic acids is 1. The standard InChI is InChI=1S/C20H16ClN3OS/c1-12-10-14(21)8-9-17(12)22-19(25)18-11-16-13(2)23-24(20(16)26-18)15-6-4-3-5-7-15/h3-11H,1-2H3,(H,22,25). The van der Waals surface area contributed by atoms with Crippen LogP contribution in [0.3, 0.4) is 0 Å². The fourth-order valence-corrected chi connectivity index (χ4v) is 4.16. The summed E-state index contributed by atoms with van der Waals surface area (Å²) in [6.07, 6.45) is 0. The number of fused-ring (bicyclic) bond motifs is 1. The third-order valence-corrected chi connectivity index (χ3v) is 5.55. The SMILES string of the molecule is Cc1cc(Cl)ccc1NC(=O)c1cc2c(C)nn(-c3ccccc3)c2s1. The number of thiophene rings is 1. The molecule has 0 bridgehead atoms. The van der Waals surface area contributed by atoms with E-state index in [1.165, 1.54) is 11.3 Å². The zero-order valence-electron chi connectivity index (χ0n) is 14.3. The summed E-state index contributed by atoms with van der Waals surface area (Å²) in [7, 11) is 0. The van der Waals surface area contributed by atoms with Crippen molar-refractivity contribution < 1.29 is 4.79 Å². The van der Waals surface area contributed by atoms with Gasteiger partial charge >= 0.3 is 0 Å². The molecule has 26 heavy (non-hydrogen) atoms. The van der Waals surface area contributed by atoms with E-state index in [1.54, 1.807) is 6.07 Å². The summed E-state index contributed by atoms with van der Waals surface area (Å²) in [6.45, 7) is 3.88. The van der Waals surface area contributed by atoms with Gasteiger partial charge in [-0.05, 0) is 55.8 Å². The van der Waals surface area contributed by atoms with Gasteiger partial charge in [-0.15, -0.1) is 11.3 Å². The van der Waals surface area contributed by atoms with Crippen LogP contribution in [0.2, 0.25) is 5.02 Å². The number of rotatable bonds is 3. The summed E-state index contributed by atoms with van der Waals surface area (Å²) in [5, 5.41) is 9.23. The van der Waals surface area contributed by atoms with Crippen molar-refractivity contribution in [2.45, 2.75) is 13.8 Å². The van der Waals surface area contributed by atoms with Gasteiger partial charge in [0.15, 0.2) is 0 Å². The van der Waals surface area contributed by atoms with E-state index >= 15 is 0 Å². The Balaban J connectivity index is 1.70. The summed E-state index contributed by atoms with van der Waals surface area (Å²) in [4.78, 5) is 14.3. The Morgan fingerprint density at radius 2 is 1.88 bits per heavy atom. The largest absolute Gasteiger partial charge is 0.321 e. The van der Waals surface area contributed by atoms with Crippen molar-refractivity contribution in [1.82, 2.24) is 9.78 Å². The fraction of sp³-hybridized carbons (Fsp3) is 0.100. The third kappa shape index (κ3) is 3.00. The van der Waals surface area contributed by atoms with Crippen LogP contribution < -0.4 is 5.32 Å². The number of aromatic nitrogens is 2. The zero-order chi connectivity index (χ0) is 18.3. The summed E-state index contributed by atoms with van der Waals surface area (Å²) < 4.78 is 1.89. The Kier molecular flexibility index (Phi) is 4.26. The highest BCUT2D eigenvalue weighted by Crippen LogP contribution is 2.31. The summed E-state index contributed by atoms with van der Waals surface area (Å²) in [6, 6.07) is 17.3. The predicted octanol–water partition coefficient (Wildman–Crippen LogP) is 5.61. The monoisotopic (exact) mass is 381 g/mol. The van der Waals surface area contributed by atoms with E-state index in [2.05, 4.69) is 10.4 Å². The molecule has 2 aromatic heterocycles. The summed E-state index contributed by atoms with van der Waals surface area (Å²) in [5.41, 5.74) is 3.58. The Morgan fingerprint density at radius 3 is 2.62 bits per heavy atom. The maximum absolute atomic E-state index is 12.7. The second kappa shape index (κ2) is 6.59. The van der Waals surface area contributed by atoms with Crippen LogP contribution in [0.4, 0.5) is 5.69 Å². The first kappa shape index (κ1) is 16.8. The van der Waals surface area contributed by atoms with E-state index in [9.17, 15) is 4.79 Å². The summed E-state index contributed by atoms with van der Waals surface area (Å²) >= 11 is 7.42. The number of hydrogen-bond donors (Lipinski definition) is 1. The number of carbonyl (C=O) groups is 1. The number of para-hydroxylation sites is 1. The van der Waals surface area contributed by atoms with Crippen molar-refractivity contribution in [3.05, 3.63) is 75.8 Å². The van der Waals surface area contributed by atoms with Crippen LogP contribution in [0, 0.1) is 13.8 Å². The maximum Gasteiger partial charge on any atom is 0.265 e. The van der Waals surface area contributed by atoms with E-state index < -0.39 is 0 Å². The maximum atomic E-state index is 12.7. The molecule has 4 aromatic rings. The average molecular weight is 382 g/mol. The lowest BCUT2D eigenvalue weighted by molar-refractivity contribution is 0.103. The molecule has 0 atom stereocenters. The van der Waals surface area contributed by atoms with Gasteiger partial charge in [-0.2, -0.15) is 5.10 Å². The second-order valence-corrected chi connectivity index (χ2v) is 7.54. The highest BCUT2D eigenvalue weighted by atomic mass is 35.5. The average Bonchev–Trinajstić information content (AvgIpc) is 3.19. The van der Waals surface area contributed by atoms with Crippen molar-refractivity contribution in [2.24, 2.45) is 0 Å². The molecule has 0 aliphatic rings. The van der Waals surface area contributed by atoms with Crippen LogP contribution in [-0.4, -0.2) is 15.7 Å². The van der Waals surface area contributed by atoms with E-state index in [0.717, 1.165) is 32.8 Å². The van der Waals surface area contributed by atoms with Crippen LogP contribution in [0.25, 0.3) is 15.9 Å². The molecule has 1 N–H and O–H groups in total. The van der Waals surface area contributed by atoms with Crippen LogP contribution in [-0.2, 0) is 0 Å². The molecule has 0 saturated carbocycles. The van der Waals surface area contributed by atoms with Gasteiger partial charge in [-0.25, -0.2) is 4.68 Å². The Labute approximate surface area is 160 Å². The highest BCUT2D eigenvalue weighted by molar-refractivity contribution is 7.20. The quantitative estimate of drug-likeness (QED) is 0.501. The minimum absolute atomic E-state index is 0.129. The molecule has 0 spiro atoms. The van der Waals surface area contributed by atoms with Crippen LogP contribution >= 0.6 is 22.9 Å². The number of nitrogens with one attached hydrogen (secondary N) is 1. The van der Waals surface area contributed by atoms with Gasteiger partial charge in [-0.3, -0.25) is 4.79 Å². The van der Waals surface area contributed by atoms with Gasteiger partial charge in [0.1, 0.15) is 4.83 Å². The van der Waals surface area contributed by atoms with Gasteiger partial charge in [0.2, 0.25) is 0 Å². The number of hydrogen-bond acceptors (Lipinski definition) is 3. The molecular formula is C20H16ClN3OS. The molecule has 0 aliphatic heterocycles. The molecule has 1 amide bonds. The summed E-state index contributed by atoms with van der Waals surface area (Å²) in [5.74, 6) is -0.129. The number of benzene rings is 2. The highest BCUT2D eigenvalue weighted by Gasteiger charge is 2.17. The van der Waals surface area contributed by atoms with Crippen molar-refractivity contribution >= 4 is 44.7 Å². The first-order valence-electron chi connectivity index (χ1n) is 8.15. The van der Waals surface area contributed by atoms with Gasteiger partial charge < -0.3 is 5.32 Å². The molecular weight excluding hydrogens is 366 g/mol. The lowest BCUT2D eigenvalue weighted by Gasteiger charge is -2.07. The predicted molar refractivity (Wildman–Crippen MR) is 108 cm³/mol. The van der Waals surface area contributed by atoms with Gasteiger partial charge in [0.05, 0.1) is 16.3 Å². The first-order chi connectivity index (χ1) is 12.5. The van der Waals surface area contributed by atoms with E-state index in [0.29, 0.717) is 9.90 Å². The molecule has 2 heterocycles. The topological polar surface area (TPSA) is 46.9 Å². The van der Waals surface area contributed by atoms with Gasteiger partial charge in [0.25, 0.3) is 5.91 Å². The lowest BCUT2D eigenvalue weighted by Crippen LogP contribution is -2.11. The number of anilines is 1. The third-order valence-electron chi connectivity index (χ3n) is 4.21. The molecule has 130 valence electrons. The van der Waals surface area contributed by atoms with E-state index in [4.69, 9.17) is 11.6 Å². The smallest absolute Gasteiger partial charge is 0.265 e. The lowest BCUT2D eigenvalue weighted by atomic mass is 10.2. The fourth-order valence-electron chi connectivity index (χ4n) is 2.85. The number of aryl methyl sites for hydroxylation is 2. The molecule has 2 aromatic carbocycles. The minimum atomic E-state index is -0.129. The molecule has 0 radical (unpaired) electrons. The van der Waals surface area contributed by atoms with Crippen LogP contribution in [0.5, 0.6) is 0 Å². The molecule has 0 aliphatic carbocycles. The van der Waals surface area contributed by atoms with E-state index in [1.807, 2.05) is 67.1 Å². The Hall–Kier alpha value is -2.63. The van der Waals surface area contributed by atoms with Gasteiger partial charge in [-0.1, -0.05) is 29.8 Å². The zero-order valence-corrected chi connectivity index (χ0v) is 15.9. The van der Waals surface area contributed by atoms with Gasteiger partial charge in [0, 0.05) is 16.1 Å². The number of nitrogens with zero attached hydrogens (tertiary/aromatic N) is 2. The molecule has 6 heteroatoms. The van der Waals surface area contributed by atoms with Crippen LogP contribution in [0.15, 0.2) is 54.6 Å². The second-order valence-electron chi connectivity index (χ2n) is 6.08. The van der Waals surface area contributed by atoms with Crippen molar-refractivity contribution in [3.8, 4) is 5.69 Å². The van der Waals surface area contributed by atoms with Crippen molar-refractivity contribution in [2.75, 3.05) is 5.32 Å².